The third kappa shape index (κ3) is 4.18. The maximum atomic E-state index is 12.6. The molecule has 0 bridgehead atoms. The summed E-state index contributed by atoms with van der Waals surface area (Å²) in [7, 11) is 2.93. The van der Waals surface area contributed by atoms with E-state index in [2.05, 4.69) is 15.5 Å². The minimum atomic E-state index is -0.661. The molecule has 0 saturated heterocycles. The molecule has 27 heavy (non-hydrogen) atoms. The summed E-state index contributed by atoms with van der Waals surface area (Å²) in [5, 5.41) is 6.42. The number of esters is 1. The van der Waals surface area contributed by atoms with Gasteiger partial charge >= 0.3 is 5.97 Å². The van der Waals surface area contributed by atoms with Gasteiger partial charge in [-0.3, -0.25) is 4.79 Å². The van der Waals surface area contributed by atoms with Crippen molar-refractivity contribution >= 4 is 17.6 Å². The fraction of sp³-hybridized carbons (Fsp3) is 0.444. The van der Waals surface area contributed by atoms with Crippen molar-refractivity contribution in [3.05, 3.63) is 29.4 Å². The molecule has 9 heteroatoms. The first-order valence-electron chi connectivity index (χ1n) is 8.46. The Balaban J connectivity index is 1.83. The van der Waals surface area contributed by atoms with Crippen LogP contribution in [0, 0.1) is 18.8 Å². The molecule has 144 valence electrons. The van der Waals surface area contributed by atoms with Crippen LogP contribution >= 0.6 is 0 Å². The Morgan fingerprint density at radius 2 is 1.93 bits per heavy atom. The summed E-state index contributed by atoms with van der Waals surface area (Å²) < 4.78 is 20.7. The molecule has 2 atom stereocenters. The van der Waals surface area contributed by atoms with Crippen LogP contribution in [0.4, 0.5) is 5.69 Å². The number of hydrogen-bond donors (Lipinski definition) is 1. The molecule has 0 radical (unpaired) electrons. The van der Waals surface area contributed by atoms with Gasteiger partial charge in [0.1, 0.15) is 0 Å². The molecule has 0 aliphatic heterocycles. The van der Waals surface area contributed by atoms with E-state index in [1.54, 1.807) is 6.92 Å². The van der Waals surface area contributed by atoms with E-state index in [0.717, 1.165) is 6.42 Å². The number of hydrogen-bond acceptors (Lipinski definition) is 8. The summed E-state index contributed by atoms with van der Waals surface area (Å²) in [4.78, 5) is 28.9. The van der Waals surface area contributed by atoms with Crippen molar-refractivity contribution in [2.24, 2.45) is 11.8 Å². The topological polar surface area (TPSA) is 113 Å². The highest BCUT2D eigenvalue weighted by Gasteiger charge is 2.39. The second-order valence-electron chi connectivity index (χ2n) is 6.37. The van der Waals surface area contributed by atoms with Gasteiger partial charge in [-0.25, -0.2) is 4.79 Å². The zero-order valence-corrected chi connectivity index (χ0v) is 15.6. The average molecular weight is 375 g/mol. The number of carbonyl (C=O) groups excluding carboxylic acids is 2. The molecule has 0 unspecified atom stereocenters. The Labute approximate surface area is 156 Å². The van der Waals surface area contributed by atoms with Crippen LogP contribution in [0.3, 0.4) is 0 Å². The van der Waals surface area contributed by atoms with Gasteiger partial charge < -0.3 is 24.1 Å². The zero-order valence-electron chi connectivity index (χ0n) is 15.6. The van der Waals surface area contributed by atoms with Gasteiger partial charge in [-0.2, -0.15) is 4.98 Å². The number of ether oxygens (including phenoxy) is 3. The number of rotatable bonds is 7. The van der Waals surface area contributed by atoms with Crippen LogP contribution in [0.2, 0.25) is 0 Å². The molecule has 2 aromatic rings. The van der Waals surface area contributed by atoms with Gasteiger partial charge in [0.2, 0.25) is 5.91 Å². The lowest BCUT2D eigenvalue weighted by Gasteiger charge is -2.15. The van der Waals surface area contributed by atoms with Crippen LogP contribution in [-0.4, -0.2) is 36.2 Å². The van der Waals surface area contributed by atoms with E-state index in [-0.39, 0.29) is 29.9 Å². The highest BCUT2D eigenvalue weighted by Crippen LogP contribution is 2.40. The Hall–Kier alpha value is -3.10. The second kappa shape index (κ2) is 7.65. The Bertz CT molecular complexity index is 863. The Morgan fingerprint density at radius 1 is 1.26 bits per heavy atom. The van der Waals surface area contributed by atoms with E-state index in [9.17, 15) is 9.59 Å². The fourth-order valence-electron chi connectivity index (χ4n) is 2.67. The first kappa shape index (κ1) is 18.7. The summed E-state index contributed by atoms with van der Waals surface area (Å²) in [6.07, 6.45) is 0.829. The number of nitrogens with one attached hydrogen (secondary N) is 1. The fourth-order valence-corrected chi connectivity index (χ4v) is 2.67. The molecule has 1 fully saturated rings. The van der Waals surface area contributed by atoms with E-state index in [4.69, 9.17) is 18.7 Å². The molecule has 1 N–H and O–H groups in total. The molecule has 1 heterocycles. The van der Waals surface area contributed by atoms with Gasteiger partial charge in [0, 0.05) is 18.1 Å². The monoisotopic (exact) mass is 375 g/mol. The summed E-state index contributed by atoms with van der Waals surface area (Å²) in [5.74, 6) is 0.834. The molecular weight excluding hydrogens is 354 g/mol. The van der Waals surface area contributed by atoms with Crippen molar-refractivity contribution in [3.63, 3.8) is 0 Å². The smallest absolute Gasteiger partial charge is 0.340 e. The number of methoxy groups -OCH3 is 2. The normalized spacial score (nSPS) is 17.9. The van der Waals surface area contributed by atoms with Gasteiger partial charge in [0.15, 0.2) is 23.9 Å². The maximum Gasteiger partial charge on any atom is 0.340 e. The van der Waals surface area contributed by atoms with Crippen molar-refractivity contribution < 1.29 is 28.3 Å². The lowest BCUT2D eigenvalue weighted by Crippen LogP contribution is -2.18. The van der Waals surface area contributed by atoms with Gasteiger partial charge in [-0.15, -0.1) is 0 Å². The number of aromatic nitrogens is 2. The van der Waals surface area contributed by atoms with Crippen LogP contribution in [0.25, 0.3) is 0 Å². The summed E-state index contributed by atoms with van der Waals surface area (Å²) in [5.41, 5.74) is 0.439. The number of anilines is 1. The predicted molar refractivity (Wildman–Crippen MR) is 93.6 cm³/mol. The van der Waals surface area contributed by atoms with Gasteiger partial charge in [-0.05, 0) is 19.3 Å². The highest BCUT2D eigenvalue weighted by molar-refractivity contribution is 6.03. The molecule has 1 aliphatic carbocycles. The maximum absolute atomic E-state index is 12.6. The molecular formula is C18H21N3O6. The Kier molecular flexibility index (Phi) is 5.29. The number of carbonyl (C=O) groups is 2. The molecule has 1 saturated carbocycles. The molecule has 1 aromatic carbocycles. The van der Waals surface area contributed by atoms with Gasteiger partial charge in [0.05, 0.1) is 25.5 Å². The summed E-state index contributed by atoms with van der Waals surface area (Å²) >= 11 is 0. The quantitative estimate of drug-likeness (QED) is 0.734. The number of amides is 1. The zero-order chi connectivity index (χ0) is 19.6. The number of aryl methyl sites for hydroxylation is 1. The third-order valence-electron chi connectivity index (χ3n) is 4.34. The van der Waals surface area contributed by atoms with E-state index >= 15 is 0 Å². The molecule has 0 spiro atoms. The largest absolute Gasteiger partial charge is 0.493 e. The minimum absolute atomic E-state index is 0.0525. The van der Waals surface area contributed by atoms with Crippen molar-refractivity contribution in [2.45, 2.75) is 26.9 Å². The van der Waals surface area contributed by atoms with Crippen molar-refractivity contribution in [1.82, 2.24) is 10.1 Å². The van der Waals surface area contributed by atoms with Crippen LogP contribution in [0.5, 0.6) is 11.5 Å². The first-order valence-corrected chi connectivity index (χ1v) is 8.46. The van der Waals surface area contributed by atoms with E-state index < -0.39 is 5.97 Å². The van der Waals surface area contributed by atoms with Crippen LogP contribution in [-0.2, 0) is 16.1 Å². The van der Waals surface area contributed by atoms with Crippen LogP contribution in [0.15, 0.2) is 16.7 Å². The summed E-state index contributed by atoms with van der Waals surface area (Å²) in [6, 6.07) is 3.00. The SMILES string of the molecule is COc1cc(NC(=O)[C@H]2C[C@@H]2C)c(C(=O)OCc2nc(C)no2)cc1OC. The average Bonchev–Trinajstić information content (AvgIpc) is 3.25. The van der Waals surface area contributed by atoms with Gasteiger partial charge in [-0.1, -0.05) is 12.1 Å². The van der Waals surface area contributed by atoms with Crippen molar-refractivity contribution in [3.8, 4) is 11.5 Å². The molecule has 9 nitrogen and oxygen atoms in total. The van der Waals surface area contributed by atoms with E-state index in [0.29, 0.717) is 28.9 Å². The van der Waals surface area contributed by atoms with Crippen molar-refractivity contribution in [2.75, 3.05) is 19.5 Å². The lowest BCUT2D eigenvalue weighted by atomic mass is 10.1. The van der Waals surface area contributed by atoms with E-state index in [1.165, 1.54) is 26.4 Å². The van der Waals surface area contributed by atoms with Crippen LogP contribution < -0.4 is 14.8 Å². The highest BCUT2D eigenvalue weighted by atomic mass is 16.6. The number of benzene rings is 1. The van der Waals surface area contributed by atoms with Gasteiger partial charge in [0.25, 0.3) is 5.89 Å². The molecule has 1 aliphatic rings. The van der Waals surface area contributed by atoms with Crippen molar-refractivity contribution in [1.29, 1.82) is 0 Å². The minimum Gasteiger partial charge on any atom is -0.493 e. The summed E-state index contributed by atoms with van der Waals surface area (Å²) in [6.45, 7) is 3.48. The molecule has 1 aromatic heterocycles. The first-order chi connectivity index (χ1) is 12.9. The van der Waals surface area contributed by atoms with Crippen LogP contribution in [0.1, 0.15) is 35.4 Å². The lowest BCUT2D eigenvalue weighted by molar-refractivity contribution is -0.117. The van der Waals surface area contributed by atoms with E-state index in [1.807, 2.05) is 6.92 Å². The standard InChI is InChI=1S/C18H21N3O6/c1-9-5-11(9)17(22)20-13-7-15(25-4)14(24-3)6-12(13)18(23)26-8-16-19-10(2)21-27-16/h6-7,9,11H,5,8H2,1-4H3,(H,20,22)/t9-,11-/m0/s1. The molecule has 3 rings (SSSR count). The third-order valence-corrected chi connectivity index (χ3v) is 4.34. The second-order valence-corrected chi connectivity index (χ2v) is 6.37. The predicted octanol–water partition coefficient (Wildman–Crippen LogP) is 2.35. The number of nitrogens with zero attached hydrogens (tertiary/aromatic N) is 2. The Morgan fingerprint density at radius 3 is 2.48 bits per heavy atom. The molecule has 1 amide bonds.